The molecule has 0 aliphatic heterocycles. The van der Waals surface area contributed by atoms with Crippen LogP contribution < -0.4 is 10.6 Å². The van der Waals surface area contributed by atoms with E-state index in [1.165, 1.54) is 11.1 Å². The van der Waals surface area contributed by atoms with Gasteiger partial charge in [-0.15, -0.1) is 0 Å². The minimum absolute atomic E-state index is 0.0439. The molecule has 0 N–H and O–H groups in total. The molecule has 0 fully saturated rings. The molecule has 0 spiro atoms. The van der Waals surface area contributed by atoms with E-state index in [1.807, 2.05) is 0 Å². The molecule has 5 rings (SSSR count). The van der Waals surface area contributed by atoms with Crippen molar-refractivity contribution in [3.8, 4) is 0 Å². The molecule has 2 nitrogen and oxygen atoms in total. The van der Waals surface area contributed by atoms with Gasteiger partial charge < -0.3 is 0 Å². The Bertz CT molecular complexity index is 1190. The van der Waals surface area contributed by atoms with E-state index in [0.29, 0.717) is 12.3 Å². The molecule has 1 unspecified atom stereocenters. The largest absolute Gasteiger partial charge is 0.294 e. The van der Waals surface area contributed by atoms with Gasteiger partial charge in [-0.3, -0.25) is 4.79 Å². The number of pyridine rings is 1. The first-order valence-corrected chi connectivity index (χ1v) is 9.73. The standard InChI is InChI=1S/C25H23NO/c1-25(2)14-19-10-11-21-20(24(19)23(27)15-25)12-18-9-8-17(13-22(18)26-21)16-6-4-3-5-7-16/h3-7,9-13,17H,8,14-15H2,1-2H3. The summed E-state index contributed by atoms with van der Waals surface area (Å²) < 4.78 is 0. The Morgan fingerprint density at radius 2 is 1.85 bits per heavy atom. The number of Topliss-reactive ketones (excluding diaryl/α,β-unsaturated/α-hetero) is 1. The molecule has 0 saturated carbocycles. The third-order valence-corrected chi connectivity index (χ3v) is 5.91. The van der Waals surface area contributed by atoms with Crippen LogP contribution >= 0.6 is 0 Å². The van der Waals surface area contributed by atoms with Gasteiger partial charge in [-0.2, -0.15) is 0 Å². The Morgan fingerprint density at radius 3 is 2.67 bits per heavy atom. The molecule has 0 radical (unpaired) electrons. The summed E-state index contributed by atoms with van der Waals surface area (Å²) in [5.74, 6) is 0.624. The molecule has 2 aromatic carbocycles. The number of hydrogen-bond donors (Lipinski definition) is 0. The van der Waals surface area contributed by atoms with Gasteiger partial charge in [0, 0.05) is 23.3 Å². The number of fused-ring (bicyclic) bond motifs is 4. The molecule has 1 aromatic heterocycles. The first-order chi connectivity index (χ1) is 13.0. The van der Waals surface area contributed by atoms with E-state index in [1.54, 1.807) is 0 Å². The van der Waals surface area contributed by atoms with Crippen LogP contribution in [-0.4, -0.2) is 10.8 Å². The molecule has 0 saturated heterocycles. The van der Waals surface area contributed by atoms with Crippen LogP contribution in [-0.2, 0) is 6.42 Å². The molecule has 27 heavy (non-hydrogen) atoms. The van der Waals surface area contributed by atoms with Gasteiger partial charge in [0.1, 0.15) is 0 Å². The van der Waals surface area contributed by atoms with Crippen LogP contribution in [0.4, 0.5) is 0 Å². The van der Waals surface area contributed by atoms with E-state index in [9.17, 15) is 4.79 Å². The zero-order chi connectivity index (χ0) is 18.6. The molecule has 134 valence electrons. The van der Waals surface area contributed by atoms with Crippen molar-refractivity contribution in [2.45, 2.75) is 39.0 Å². The second-order valence-electron chi connectivity index (χ2n) is 8.69. The summed E-state index contributed by atoms with van der Waals surface area (Å²) >= 11 is 0. The zero-order valence-electron chi connectivity index (χ0n) is 15.8. The summed E-state index contributed by atoms with van der Waals surface area (Å²) in [5, 5.41) is 3.21. The summed E-state index contributed by atoms with van der Waals surface area (Å²) in [6.07, 6.45) is 7.08. The van der Waals surface area contributed by atoms with Crippen molar-refractivity contribution in [3.05, 3.63) is 75.8 Å². The second kappa shape index (κ2) is 5.88. The molecule has 1 atom stereocenters. The molecule has 2 heteroatoms. The smallest absolute Gasteiger partial charge is 0.164 e. The maximum Gasteiger partial charge on any atom is 0.164 e. The lowest BCUT2D eigenvalue weighted by atomic mass is 9.73. The van der Waals surface area contributed by atoms with Crippen LogP contribution in [0.2, 0.25) is 0 Å². The van der Waals surface area contributed by atoms with Crippen molar-refractivity contribution in [3.63, 3.8) is 0 Å². The fraction of sp³-hybridized carbons (Fsp3) is 0.280. The van der Waals surface area contributed by atoms with Gasteiger partial charge in [0.25, 0.3) is 0 Å². The monoisotopic (exact) mass is 353 g/mol. The Kier molecular flexibility index (Phi) is 3.58. The van der Waals surface area contributed by atoms with Crippen LogP contribution in [0.15, 0.2) is 48.5 Å². The normalized spacial score (nSPS) is 20.4. The minimum Gasteiger partial charge on any atom is -0.294 e. The fourth-order valence-corrected chi connectivity index (χ4v) is 4.64. The summed E-state index contributed by atoms with van der Waals surface area (Å²) in [6, 6.07) is 17.0. The predicted octanol–water partition coefficient (Wildman–Crippen LogP) is 4.14. The topological polar surface area (TPSA) is 30.0 Å². The van der Waals surface area contributed by atoms with Gasteiger partial charge in [0.05, 0.1) is 10.9 Å². The Balaban J connectivity index is 1.68. The molecule has 3 aromatic rings. The molecular formula is C25H23NO. The lowest BCUT2D eigenvalue weighted by Gasteiger charge is -2.30. The number of carbonyl (C=O) groups excluding carboxylic acids is 1. The van der Waals surface area contributed by atoms with E-state index in [0.717, 1.165) is 39.9 Å². The van der Waals surface area contributed by atoms with E-state index < -0.39 is 0 Å². The molecule has 1 heterocycles. The number of carbonyl (C=O) groups is 1. The van der Waals surface area contributed by atoms with Gasteiger partial charge in [0.15, 0.2) is 5.78 Å². The zero-order valence-corrected chi connectivity index (χ0v) is 15.8. The quantitative estimate of drug-likeness (QED) is 0.658. The van der Waals surface area contributed by atoms with E-state index in [2.05, 4.69) is 74.5 Å². The Morgan fingerprint density at radius 1 is 1.04 bits per heavy atom. The van der Waals surface area contributed by atoms with Gasteiger partial charge in [-0.25, -0.2) is 4.98 Å². The third kappa shape index (κ3) is 2.80. The van der Waals surface area contributed by atoms with Crippen LogP contribution in [0.25, 0.3) is 23.1 Å². The van der Waals surface area contributed by atoms with Gasteiger partial charge in [0.2, 0.25) is 0 Å². The highest BCUT2D eigenvalue weighted by atomic mass is 16.1. The number of rotatable bonds is 1. The average molecular weight is 353 g/mol. The highest BCUT2D eigenvalue weighted by Gasteiger charge is 2.32. The van der Waals surface area contributed by atoms with Crippen molar-refractivity contribution in [1.82, 2.24) is 4.98 Å². The number of hydrogen-bond acceptors (Lipinski definition) is 2. The van der Waals surface area contributed by atoms with Crippen LogP contribution in [0.1, 0.15) is 54.1 Å². The summed E-state index contributed by atoms with van der Waals surface area (Å²) in [5.41, 5.74) is 4.37. The lowest BCUT2D eigenvalue weighted by Crippen LogP contribution is -2.33. The number of benzene rings is 2. The number of aromatic nitrogens is 1. The molecular weight excluding hydrogens is 330 g/mol. The predicted molar refractivity (Wildman–Crippen MR) is 110 cm³/mol. The fourth-order valence-electron chi connectivity index (χ4n) is 4.64. The molecule has 2 aliphatic carbocycles. The Labute approximate surface area is 159 Å². The van der Waals surface area contributed by atoms with Gasteiger partial charge >= 0.3 is 0 Å². The van der Waals surface area contributed by atoms with E-state index in [4.69, 9.17) is 4.98 Å². The maximum atomic E-state index is 12.9. The molecule has 0 amide bonds. The number of nitrogens with zero attached hydrogens (tertiary/aromatic N) is 1. The average Bonchev–Trinajstić information content (AvgIpc) is 2.65. The highest BCUT2D eigenvalue weighted by Crippen LogP contribution is 2.37. The summed E-state index contributed by atoms with van der Waals surface area (Å²) in [6.45, 7) is 4.35. The SMILES string of the molecule is CC1(C)CC(=O)c2c(ccc3nc4c(cc23)=CCC(c2ccccc2)C=4)C1. The van der Waals surface area contributed by atoms with Gasteiger partial charge in [-0.05, 0) is 46.7 Å². The Hall–Kier alpha value is -2.74. The van der Waals surface area contributed by atoms with Crippen LogP contribution in [0.5, 0.6) is 0 Å². The van der Waals surface area contributed by atoms with Crippen molar-refractivity contribution >= 4 is 28.8 Å². The second-order valence-corrected chi connectivity index (χ2v) is 8.69. The van der Waals surface area contributed by atoms with Crippen LogP contribution in [0.3, 0.4) is 0 Å². The third-order valence-electron chi connectivity index (χ3n) is 5.91. The van der Waals surface area contributed by atoms with Crippen molar-refractivity contribution < 1.29 is 4.79 Å². The van der Waals surface area contributed by atoms with Crippen molar-refractivity contribution in [2.75, 3.05) is 0 Å². The van der Waals surface area contributed by atoms with Crippen molar-refractivity contribution in [2.24, 2.45) is 5.41 Å². The number of ketones is 1. The summed E-state index contributed by atoms with van der Waals surface area (Å²) in [7, 11) is 0. The van der Waals surface area contributed by atoms with Gasteiger partial charge in [-0.1, -0.05) is 62.4 Å². The lowest BCUT2D eigenvalue weighted by molar-refractivity contribution is 0.0914. The van der Waals surface area contributed by atoms with Crippen LogP contribution in [0, 0.1) is 5.41 Å². The van der Waals surface area contributed by atoms with E-state index >= 15 is 0 Å². The minimum atomic E-state index is 0.0439. The first kappa shape index (κ1) is 16.4. The molecule has 2 aliphatic rings. The van der Waals surface area contributed by atoms with Crippen molar-refractivity contribution in [1.29, 1.82) is 0 Å². The van der Waals surface area contributed by atoms with E-state index in [-0.39, 0.29) is 11.2 Å². The maximum absolute atomic E-state index is 12.9. The highest BCUT2D eigenvalue weighted by molar-refractivity contribution is 6.09. The molecule has 0 bridgehead atoms. The first-order valence-electron chi connectivity index (χ1n) is 9.73. The summed E-state index contributed by atoms with van der Waals surface area (Å²) in [4.78, 5) is 17.8.